The predicted molar refractivity (Wildman–Crippen MR) is 132 cm³/mol. The molecule has 35 heavy (non-hydrogen) atoms. The molecule has 0 aliphatic rings. The van der Waals surface area contributed by atoms with Gasteiger partial charge >= 0.3 is 5.97 Å². The van der Waals surface area contributed by atoms with Crippen LogP contribution in [0.25, 0.3) is 27.2 Å². The van der Waals surface area contributed by atoms with Crippen LogP contribution in [0.1, 0.15) is 21.6 Å². The number of carbonyl (C=O) groups is 1. The molecule has 0 spiro atoms. The lowest BCUT2D eigenvalue weighted by Gasteiger charge is -2.08. The summed E-state index contributed by atoms with van der Waals surface area (Å²) >= 11 is 1.02. The van der Waals surface area contributed by atoms with Crippen molar-refractivity contribution in [2.75, 3.05) is 0 Å². The van der Waals surface area contributed by atoms with Gasteiger partial charge < -0.3 is 5.11 Å². The molecule has 1 atom stereocenters. The Kier molecular flexibility index (Phi) is 5.89. The second-order valence-electron chi connectivity index (χ2n) is 7.72. The Bertz CT molecular complexity index is 1670. The summed E-state index contributed by atoms with van der Waals surface area (Å²) in [7, 11) is -1.62. The molecule has 2 aromatic heterocycles. The van der Waals surface area contributed by atoms with Crippen molar-refractivity contribution in [3.05, 3.63) is 99.0 Å². The van der Waals surface area contributed by atoms with E-state index in [0.29, 0.717) is 27.1 Å². The first-order valence-electron chi connectivity index (χ1n) is 10.3. The van der Waals surface area contributed by atoms with Gasteiger partial charge in [0.15, 0.2) is 5.69 Å². The summed E-state index contributed by atoms with van der Waals surface area (Å²) in [6.45, 7) is 0. The number of nitrogens with two attached hydrogens (primary N) is 1. The molecule has 0 saturated carbocycles. The van der Waals surface area contributed by atoms with E-state index in [0.717, 1.165) is 22.3 Å². The van der Waals surface area contributed by atoms with Crippen LogP contribution < -0.4 is 10.7 Å². The van der Waals surface area contributed by atoms with Gasteiger partial charge in [-0.15, -0.1) is 11.3 Å². The topological polar surface area (TPSA) is 131 Å². The number of nitrogens with zero attached hydrogens (tertiary/aromatic N) is 2. The van der Waals surface area contributed by atoms with Crippen LogP contribution in [-0.4, -0.2) is 30.0 Å². The third-order valence-electron chi connectivity index (χ3n) is 5.54. The molecular formula is C24H17FN4O4S2. The maximum atomic E-state index is 13.8. The first-order valence-corrected chi connectivity index (χ1v) is 12.4. The van der Waals surface area contributed by atoms with E-state index in [4.69, 9.17) is 5.14 Å². The predicted octanol–water partition coefficient (Wildman–Crippen LogP) is 3.85. The molecule has 0 bridgehead atoms. The van der Waals surface area contributed by atoms with Crippen molar-refractivity contribution in [3.8, 4) is 16.4 Å². The van der Waals surface area contributed by atoms with Gasteiger partial charge in [0, 0.05) is 22.9 Å². The Hall–Kier alpha value is -3.93. The van der Waals surface area contributed by atoms with E-state index in [9.17, 15) is 23.3 Å². The molecule has 0 saturated heterocycles. The smallest absolute Gasteiger partial charge is 0.355 e. The number of halogens is 1. The number of fused-ring (bicyclic) bond motifs is 1. The number of aromatic nitrogens is 3. The summed E-state index contributed by atoms with van der Waals surface area (Å²) in [6.07, 6.45) is 0.226. The maximum Gasteiger partial charge on any atom is 0.355 e. The molecule has 3 aromatic carbocycles. The van der Waals surface area contributed by atoms with Crippen LogP contribution in [0.5, 0.6) is 0 Å². The van der Waals surface area contributed by atoms with Crippen molar-refractivity contribution in [3.63, 3.8) is 0 Å². The highest BCUT2D eigenvalue weighted by Crippen LogP contribution is 2.31. The summed E-state index contributed by atoms with van der Waals surface area (Å²) < 4.78 is 26.6. The molecule has 0 aliphatic heterocycles. The number of nitrogens with one attached hydrogen (secondary N) is 1. The van der Waals surface area contributed by atoms with Gasteiger partial charge in [-0.25, -0.2) is 23.5 Å². The van der Waals surface area contributed by atoms with Crippen molar-refractivity contribution in [1.82, 2.24) is 14.8 Å². The number of carboxylic acid groups (broad SMARTS) is 1. The molecule has 0 amide bonds. The first kappa shape index (κ1) is 22.8. The van der Waals surface area contributed by atoms with E-state index >= 15 is 0 Å². The highest BCUT2D eigenvalue weighted by Gasteiger charge is 2.21. The lowest BCUT2D eigenvalue weighted by Crippen LogP contribution is -2.17. The van der Waals surface area contributed by atoms with Crippen LogP contribution >= 0.6 is 11.3 Å². The number of rotatable bonds is 6. The van der Waals surface area contributed by atoms with Gasteiger partial charge in [-0.3, -0.25) is 9.89 Å². The van der Waals surface area contributed by atoms with Crippen molar-refractivity contribution < 1.29 is 18.5 Å². The Labute approximate surface area is 204 Å². The van der Waals surface area contributed by atoms with Gasteiger partial charge in [0.25, 0.3) is 5.56 Å². The number of carboxylic acids is 1. The number of thiazole rings is 1. The molecule has 5 rings (SSSR count). The first-order chi connectivity index (χ1) is 16.8. The number of benzene rings is 3. The van der Waals surface area contributed by atoms with E-state index in [1.807, 2.05) is 6.07 Å². The summed E-state index contributed by atoms with van der Waals surface area (Å²) in [6, 6.07) is 16.5. The molecule has 0 fully saturated rings. The molecule has 176 valence electrons. The summed E-state index contributed by atoms with van der Waals surface area (Å²) in [4.78, 5) is 29.3. The molecule has 1 unspecified atom stereocenters. The lowest BCUT2D eigenvalue weighted by atomic mass is 9.97. The molecular weight excluding hydrogens is 491 g/mol. The zero-order valence-electron chi connectivity index (χ0n) is 17.9. The second-order valence-corrected chi connectivity index (χ2v) is 9.62. The largest absolute Gasteiger partial charge is 0.476 e. The third kappa shape index (κ3) is 4.32. The van der Waals surface area contributed by atoms with Gasteiger partial charge in [0.05, 0.1) is 10.6 Å². The average molecular weight is 509 g/mol. The standard InChI is InChI=1S/C24H17FN4O4S2/c25-15-6-9-17-14(11-15)2-1-3-18(17)21-19(10-13-4-7-16(8-5-13)35(26)33)22(30)29(28-21)24-27-20(12-34-24)23(31)32/h1-9,11-12,28H,10,26H2,(H,31,32). The summed E-state index contributed by atoms with van der Waals surface area (Å²) in [5, 5.41) is 20.7. The van der Waals surface area contributed by atoms with Crippen LogP contribution in [0.2, 0.25) is 0 Å². The second kappa shape index (κ2) is 9.02. The van der Waals surface area contributed by atoms with E-state index < -0.39 is 22.5 Å². The maximum absolute atomic E-state index is 13.8. The zero-order valence-corrected chi connectivity index (χ0v) is 19.5. The minimum Gasteiger partial charge on any atom is -0.476 e. The van der Waals surface area contributed by atoms with Crippen molar-refractivity contribution in [2.45, 2.75) is 11.3 Å². The van der Waals surface area contributed by atoms with Gasteiger partial charge in [0.1, 0.15) is 16.8 Å². The fourth-order valence-electron chi connectivity index (χ4n) is 3.88. The number of hydrogen-bond donors (Lipinski definition) is 3. The molecule has 4 N–H and O–H groups in total. The Balaban J connectivity index is 1.70. The summed E-state index contributed by atoms with van der Waals surface area (Å²) in [5.41, 5.74) is 1.82. The number of aromatic amines is 1. The molecule has 2 heterocycles. The van der Waals surface area contributed by atoms with Gasteiger partial charge in [-0.2, -0.15) is 4.68 Å². The lowest BCUT2D eigenvalue weighted by molar-refractivity contribution is 0.0691. The highest BCUT2D eigenvalue weighted by atomic mass is 32.2. The van der Waals surface area contributed by atoms with Crippen molar-refractivity contribution in [1.29, 1.82) is 0 Å². The average Bonchev–Trinajstić information content (AvgIpc) is 3.44. The zero-order chi connectivity index (χ0) is 24.7. The number of H-pyrrole nitrogens is 1. The number of aromatic carboxylic acids is 1. The van der Waals surface area contributed by atoms with Crippen molar-refractivity contribution >= 4 is 39.1 Å². The SMILES string of the molecule is NS(=O)c1ccc(Cc2c(-c3cccc4cc(F)ccc34)[nH]n(-c3nc(C(=O)O)cs3)c2=O)cc1. The fourth-order valence-corrected chi connectivity index (χ4v) is 5.04. The molecule has 8 nitrogen and oxygen atoms in total. The van der Waals surface area contributed by atoms with Crippen LogP contribution in [0.15, 0.2) is 75.7 Å². The molecule has 5 aromatic rings. The van der Waals surface area contributed by atoms with Crippen molar-refractivity contribution in [2.24, 2.45) is 5.14 Å². The fraction of sp³-hybridized carbons (Fsp3) is 0.0417. The minimum absolute atomic E-state index is 0.166. The normalized spacial score (nSPS) is 12.2. The van der Waals surface area contributed by atoms with E-state index in [1.54, 1.807) is 42.5 Å². The Morgan fingerprint density at radius 1 is 1.17 bits per heavy atom. The van der Waals surface area contributed by atoms with Gasteiger partial charge in [-0.05, 0) is 40.6 Å². The Morgan fingerprint density at radius 3 is 2.63 bits per heavy atom. The van der Waals surface area contributed by atoms with Gasteiger partial charge in [-0.1, -0.05) is 36.4 Å². The van der Waals surface area contributed by atoms with Gasteiger partial charge in [0.2, 0.25) is 5.13 Å². The summed E-state index contributed by atoms with van der Waals surface area (Å²) in [5.74, 6) is -1.57. The third-order valence-corrected chi connectivity index (χ3v) is 7.10. The van der Waals surface area contributed by atoms with Crippen LogP contribution in [0.3, 0.4) is 0 Å². The van der Waals surface area contributed by atoms with Crippen LogP contribution in [0.4, 0.5) is 4.39 Å². The highest BCUT2D eigenvalue weighted by molar-refractivity contribution is 7.82. The molecule has 0 aliphatic carbocycles. The molecule has 0 radical (unpaired) electrons. The molecule has 11 heteroatoms. The van der Waals surface area contributed by atoms with Crippen LogP contribution in [-0.2, 0) is 17.4 Å². The Morgan fingerprint density at radius 2 is 1.94 bits per heavy atom. The monoisotopic (exact) mass is 508 g/mol. The van der Waals surface area contributed by atoms with E-state index in [-0.39, 0.29) is 23.1 Å². The van der Waals surface area contributed by atoms with Crippen LogP contribution in [0, 0.1) is 5.82 Å². The quantitative estimate of drug-likeness (QED) is 0.321. The minimum atomic E-state index is -1.62. The van der Waals surface area contributed by atoms with E-state index in [1.165, 1.54) is 22.2 Å². The van der Waals surface area contributed by atoms with E-state index in [2.05, 4.69) is 10.1 Å². The number of hydrogen-bond acceptors (Lipinski definition) is 5.